The molecule has 3 N–H and O–H groups in total. The molecule has 27 heavy (non-hydrogen) atoms. The Morgan fingerprint density at radius 2 is 1.96 bits per heavy atom. The van der Waals surface area contributed by atoms with E-state index < -0.39 is 0 Å². The average Bonchev–Trinajstić information content (AvgIpc) is 3.20. The lowest BCUT2D eigenvalue weighted by Gasteiger charge is -2.22. The number of halogens is 3. The highest BCUT2D eigenvalue weighted by Gasteiger charge is 2.35. The molecule has 136 valence electrons. The Bertz CT molecular complexity index is 1120. The van der Waals surface area contributed by atoms with Gasteiger partial charge in [-0.1, -0.05) is 34.8 Å². The van der Waals surface area contributed by atoms with E-state index in [1.807, 2.05) is 19.1 Å². The lowest BCUT2D eigenvalue weighted by atomic mass is 9.89. The van der Waals surface area contributed by atoms with Gasteiger partial charge >= 0.3 is 0 Å². The number of nitrogens with one attached hydrogen (secondary N) is 1. The maximum atomic E-state index is 9.64. The number of ether oxygens (including phenoxy) is 1. The summed E-state index contributed by atoms with van der Waals surface area (Å²) in [5, 5.41) is 18.1. The summed E-state index contributed by atoms with van der Waals surface area (Å²) in [5.74, 6) is 0.0617. The van der Waals surface area contributed by atoms with Gasteiger partial charge < -0.3 is 10.5 Å². The summed E-state index contributed by atoms with van der Waals surface area (Å²) in [7, 11) is 0. The first-order chi connectivity index (χ1) is 12.9. The van der Waals surface area contributed by atoms with Gasteiger partial charge in [0.15, 0.2) is 0 Å². The summed E-state index contributed by atoms with van der Waals surface area (Å²) in [6.07, 6.45) is 0. The summed E-state index contributed by atoms with van der Waals surface area (Å²) < 4.78 is 5.49. The normalized spacial score (nSPS) is 16.0. The molecule has 9 heteroatoms. The number of allylic oxidation sites excluding steroid dienone is 1. The molecule has 0 saturated heterocycles. The molecule has 0 bridgehead atoms. The van der Waals surface area contributed by atoms with Crippen molar-refractivity contribution < 1.29 is 4.74 Å². The topological polar surface area (TPSA) is 87.7 Å². The van der Waals surface area contributed by atoms with Gasteiger partial charge in [-0.25, -0.2) is 0 Å². The zero-order chi connectivity index (χ0) is 19.3. The predicted molar refractivity (Wildman–Crippen MR) is 107 cm³/mol. The van der Waals surface area contributed by atoms with Gasteiger partial charge in [0.25, 0.3) is 0 Å². The van der Waals surface area contributed by atoms with Crippen LogP contribution in [0, 0.1) is 18.3 Å². The first-order valence-electron chi connectivity index (χ1n) is 7.77. The van der Waals surface area contributed by atoms with Crippen LogP contribution in [0.25, 0.3) is 10.4 Å². The third kappa shape index (κ3) is 2.97. The standard InChI is InChI=1S/C18H11Cl3N4OS/c1-7-14-15(9(6-22)17(23)26-18(14)25-24-7)12-2-3-13(27-12)16-10(20)4-8(19)5-11(16)21/h2-5,15H,23H2,1H3,(H,24,25)/t15-/m0/s1. The molecule has 1 atom stereocenters. The minimum absolute atomic E-state index is 0.0546. The van der Waals surface area contributed by atoms with Crippen LogP contribution in [0.2, 0.25) is 15.1 Å². The molecule has 0 aliphatic carbocycles. The number of aryl methyl sites for hydroxylation is 1. The van der Waals surface area contributed by atoms with Crippen molar-refractivity contribution in [3.63, 3.8) is 0 Å². The lowest BCUT2D eigenvalue weighted by Crippen LogP contribution is -2.20. The highest BCUT2D eigenvalue weighted by molar-refractivity contribution is 7.15. The maximum absolute atomic E-state index is 9.64. The molecule has 4 rings (SSSR count). The molecule has 0 amide bonds. The van der Waals surface area contributed by atoms with Gasteiger partial charge in [0.1, 0.15) is 11.6 Å². The molecule has 2 aromatic heterocycles. The molecule has 0 saturated carbocycles. The number of fused-ring (bicyclic) bond motifs is 1. The summed E-state index contributed by atoms with van der Waals surface area (Å²) in [6.45, 7) is 1.88. The second-order valence-electron chi connectivity index (χ2n) is 5.94. The largest absolute Gasteiger partial charge is 0.420 e. The van der Waals surface area contributed by atoms with Crippen LogP contribution in [0.4, 0.5) is 0 Å². The molecule has 3 aromatic rings. The Morgan fingerprint density at radius 3 is 2.63 bits per heavy atom. The summed E-state index contributed by atoms with van der Waals surface area (Å²) in [4.78, 5) is 1.77. The fraction of sp³-hybridized carbons (Fsp3) is 0.111. The Morgan fingerprint density at radius 1 is 1.26 bits per heavy atom. The van der Waals surface area contributed by atoms with E-state index in [1.54, 1.807) is 12.1 Å². The van der Waals surface area contributed by atoms with Crippen molar-refractivity contribution in [2.75, 3.05) is 0 Å². The lowest BCUT2D eigenvalue weighted by molar-refractivity contribution is 0.379. The van der Waals surface area contributed by atoms with Crippen LogP contribution in [0.15, 0.2) is 35.7 Å². The number of nitriles is 1. The second-order valence-corrected chi connectivity index (χ2v) is 8.30. The summed E-state index contributed by atoms with van der Waals surface area (Å²) >= 11 is 20.2. The maximum Gasteiger partial charge on any atom is 0.244 e. The van der Waals surface area contributed by atoms with Gasteiger partial charge in [0, 0.05) is 26.0 Å². The van der Waals surface area contributed by atoms with E-state index in [-0.39, 0.29) is 11.8 Å². The number of aromatic amines is 1. The van der Waals surface area contributed by atoms with Gasteiger partial charge in [-0.15, -0.1) is 16.4 Å². The van der Waals surface area contributed by atoms with Gasteiger partial charge in [-0.05, 0) is 31.2 Å². The van der Waals surface area contributed by atoms with Crippen LogP contribution in [-0.2, 0) is 0 Å². The third-order valence-electron chi connectivity index (χ3n) is 4.29. The van der Waals surface area contributed by atoms with Crippen LogP contribution in [0.1, 0.15) is 22.1 Å². The smallest absolute Gasteiger partial charge is 0.244 e. The molecule has 1 aliphatic heterocycles. The van der Waals surface area contributed by atoms with Crippen LogP contribution in [0.3, 0.4) is 0 Å². The van der Waals surface area contributed by atoms with E-state index in [9.17, 15) is 5.26 Å². The number of aromatic nitrogens is 2. The molecule has 0 unspecified atom stereocenters. The molecular formula is C18H11Cl3N4OS. The molecule has 0 spiro atoms. The average molecular weight is 438 g/mol. The van der Waals surface area contributed by atoms with Crippen molar-refractivity contribution in [3.8, 4) is 22.4 Å². The third-order valence-corrected chi connectivity index (χ3v) is 6.28. The van der Waals surface area contributed by atoms with Crippen molar-refractivity contribution >= 4 is 46.1 Å². The fourth-order valence-electron chi connectivity index (χ4n) is 3.10. The fourth-order valence-corrected chi connectivity index (χ4v) is 5.44. The molecule has 5 nitrogen and oxygen atoms in total. The number of nitrogens with zero attached hydrogens (tertiary/aromatic N) is 2. The number of rotatable bonds is 2. The van der Waals surface area contributed by atoms with Crippen LogP contribution >= 0.6 is 46.1 Å². The van der Waals surface area contributed by atoms with Gasteiger partial charge in [0.05, 0.1) is 21.5 Å². The Labute approximate surface area is 173 Å². The van der Waals surface area contributed by atoms with Crippen LogP contribution in [0.5, 0.6) is 5.88 Å². The Hall–Kier alpha value is -2.17. The first kappa shape index (κ1) is 18.2. The van der Waals surface area contributed by atoms with E-state index in [0.29, 0.717) is 32.1 Å². The minimum atomic E-state index is -0.374. The predicted octanol–water partition coefficient (Wildman–Crippen LogP) is 5.63. The first-order valence-corrected chi connectivity index (χ1v) is 9.72. The number of benzene rings is 1. The van der Waals surface area contributed by atoms with E-state index in [0.717, 1.165) is 21.0 Å². The zero-order valence-electron chi connectivity index (χ0n) is 13.8. The number of thiophene rings is 1. The Balaban J connectivity index is 1.87. The summed E-state index contributed by atoms with van der Waals surface area (Å²) in [5.41, 5.74) is 8.60. The van der Waals surface area contributed by atoms with Crippen LogP contribution in [-0.4, -0.2) is 10.2 Å². The SMILES string of the molecule is Cc1[nH]nc2c1[C@H](c1ccc(-c3c(Cl)cc(Cl)cc3Cl)s1)C(C#N)=C(N)O2. The van der Waals surface area contributed by atoms with Gasteiger partial charge in [-0.2, -0.15) is 5.26 Å². The van der Waals surface area contributed by atoms with Crippen molar-refractivity contribution in [1.29, 1.82) is 5.26 Å². The number of hydrogen-bond donors (Lipinski definition) is 2. The van der Waals surface area contributed by atoms with Crippen LogP contribution < -0.4 is 10.5 Å². The molecule has 1 aromatic carbocycles. The van der Waals surface area contributed by atoms with Crippen molar-refractivity contribution in [2.24, 2.45) is 5.73 Å². The minimum Gasteiger partial charge on any atom is -0.420 e. The number of hydrogen-bond acceptors (Lipinski definition) is 5. The zero-order valence-corrected chi connectivity index (χ0v) is 16.9. The Kier molecular flexibility index (Phi) is 4.57. The quantitative estimate of drug-likeness (QED) is 0.544. The molecule has 0 radical (unpaired) electrons. The number of H-pyrrole nitrogens is 1. The van der Waals surface area contributed by atoms with E-state index in [1.165, 1.54) is 11.3 Å². The molecular weight excluding hydrogens is 427 g/mol. The molecule has 1 aliphatic rings. The highest BCUT2D eigenvalue weighted by Crippen LogP contribution is 2.47. The van der Waals surface area contributed by atoms with Gasteiger partial charge in [0.2, 0.25) is 11.8 Å². The second kappa shape index (κ2) is 6.77. The van der Waals surface area contributed by atoms with Crippen molar-refractivity contribution in [3.05, 3.63) is 66.9 Å². The van der Waals surface area contributed by atoms with E-state index >= 15 is 0 Å². The summed E-state index contributed by atoms with van der Waals surface area (Å²) in [6, 6.07) is 9.30. The number of nitrogens with two attached hydrogens (primary N) is 1. The van der Waals surface area contributed by atoms with Gasteiger partial charge in [-0.3, -0.25) is 5.10 Å². The van der Waals surface area contributed by atoms with Crippen molar-refractivity contribution in [2.45, 2.75) is 12.8 Å². The highest BCUT2D eigenvalue weighted by atomic mass is 35.5. The molecule has 3 heterocycles. The molecule has 0 fully saturated rings. The van der Waals surface area contributed by atoms with E-state index in [4.69, 9.17) is 45.3 Å². The van der Waals surface area contributed by atoms with E-state index in [2.05, 4.69) is 16.3 Å². The van der Waals surface area contributed by atoms with Crippen molar-refractivity contribution in [1.82, 2.24) is 10.2 Å². The monoisotopic (exact) mass is 436 g/mol.